The number of nitrogens with zero attached hydrogens (tertiary/aromatic N) is 8. The third-order valence-electron chi connectivity index (χ3n) is 4.27. The minimum absolute atomic E-state index is 0.737. The summed E-state index contributed by atoms with van der Waals surface area (Å²) in [6.07, 6.45) is 1.02. The van der Waals surface area contributed by atoms with E-state index in [1.54, 1.807) is 0 Å². The zero-order valence-electron chi connectivity index (χ0n) is 13.7. The summed E-state index contributed by atoms with van der Waals surface area (Å²) < 4.78 is 4.09. The van der Waals surface area contributed by atoms with E-state index < -0.39 is 0 Å². The molecule has 0 saturated carbocycles. The first-order valence-electron chi connectivity index (χ1n) is 8.30. The Kier molecular flexibility index (Phi) is 4.04. The second-order valence-electron chi connectivity index (χ2n) is 5.99. The predicted molar refractivity (Wildman–Crippen MR) is 87.7 cm³/mol. The molecule has 0 saturated heterocycles. The molecule has 0 fully saturated rings. The van der Waals surface area contributed by atoms with Gasteiger partial charge in [0.05, 0.1) is 13.1 Å². The van der Waals surface area contributed by atoms with Gasteiger partial charge in [-0.3, -0.25) is 4.90 Å². The smallest absolute Gasteiger partial charge is 0.165 e. The molecule has 3 heterocycles. The number of hydrogen-bond donors (Lipinski definition) is 0. The van der Waals surface area contributed by atoms with Crippen molar-refractivity contribution in [3.8, 4) is 11.4 Å². The lowest BCUT2D eigenvalue weighted by Gasteiger charge is -2.27. The molecule has 0 spiro atoms. The van der Waals surface area contributed by atoms with Gasteiger partial charge in [0.15, 0.2) is 11.6 Å². The number of aryl methyl sites for hydroxylation is 1. The largest absolute Gasteiger partial charge is 0.309 e. The first kappa shape index (κ1) is 14.9. The Balaban J connectivity index is 1.51. The summed E-state index contributed by atoms with van der Waals surface area (Å²) in [6.45, 7) is 6.29. The average Bonchev–Trinajstić information content (AvgIpc) is 3.23. The van der Waals surface area contributed by atoms with Crippen LogP contribution in [0.15, 0.2) is 30.3 Å². The molecule has 8 nitrogen and oxygen atoms in total. The van der Waals surface area contributed by atoms with Crippen LogP contribution in [0.2, 0.25) is 0 Å². The molecule has 8 heteroatoms. The van der Waals surface area contributed by atoms with E-state index in [1.165, 1.54) is 0 Å². The molecule has 0 N–H and O–H groups in total. The maximum atomic E-state index is 4.39. The normalized spacial score (nSPS) is 14.7. The third kappa shape index (κ3) is 2.80. The highest BCUT2D eigenvalue weighted by molar-refractivity contribution is 5.55. The molecule has 1 aromatic carbocycles. The number of rotatable bonds is 5. The monoisotopic (exact) mass is 324 g/mol. The van der Waals surface area contributed by atoms with Gasteiger partial charge in [-0.25, -0.2) is 4.68 Å². The van der Waals surface area contributed by atoms with Gasteiger partial charge in [-0.1, -0.05) is 37.3 Å². The van der Waals surface area contributed by atoms with Gasteiger partial charge in [-0.05, 0) is 16.8 Å². The molecule has 4 rings (SSSR count). The first-order valence-corrected chi connectivity index (χ1v) is 8.30. The van der Waals surface area contributed by atoms with Gasteiger partial charge in [0.1, 0.15) is 5.82 Å². The standard InChI is InChI=1S/C16H20N8/c1-2-8-24-15(18-20-21-24)12-22-9-10-23-14(11-22)17-19-16(23)13-6-4-3-5-7-13/h3-7H,2,8-12H2,1H3. The lowest BCUT2D eigenvalue weighted by molar-refractivity contribution is 0.201. The van der Waals surface area contributed by atoms with E-state index in [1.807, 2.05) is 22.9 Å². The maximum absolute atomic E-state index is 4.39. The van der Waals surface area contributed by atoms with Crippen molar-refractivity contribution >= 4 is 0 Å². The molecule has 3 aromatic rings. The number of aromatic nitrogens is 7. The lowest BCUT2D eigenvalue weighted by atomic mass is 10.2. The summed E-state index contributed by atoms with van der Waals surface area (Å²) in [4.78, 5) is 2.32. The van der Waals surface area contributed by atoms with Crippen LogP contribution in [-0.4, -0.2) is 46.4 Å². The molecule has 1 aliphatic heterocycles. The fourth-order valence-electron chi connectivity index (χ4n) is 3.07. The average molecular weight is 324 g/mol. The highest BCUT2D eigenvalue weighted by atomic mass is 15.5. The van der Waals surface area contributed by atoms with Gasteiger partial charge in [-0.15, -0.1) is 15.3 Å². The number of fused-ring (bicyclic) bond motifs is 1. The molecule has 0 unspecified atom stereocenters. The topological polar surface area (TPSA) is 77.5 Å². The number of benzene rings is 1. The Morgan fingerprint density at radius 1 is 1.04 bits per heavy atom. The van der Waals surface area contributed by atoms with E-state index in [-0.39, 0.29) is 0 Å². The molecule has 0 bridgehead atoms. The molecule has 0 aliphatic carbocycles. The van der Waals surface area contributed by atoms with E-state index in [2.05, 4.69) is 54.2 Å². The quantitative estimate of drug-likeness (QED) is 0.705. The molecular weight excluding hydrogens is 304 g/mol. The van der Waals surface area contributed by atoms with Crippen molar-refractivity contribution in [3.05, 3.63) is 42.0 Å². The van der Waals surface area contributed by atoms with Gasteiger partial charge >= 0.3 is 0 Å². The molecule has 0 amide bonds. The first-order chi connectivity index (χ1) is 11.8. The van der Waals surface area contributed by atoms with E-state index in [9.17, 15) is 0 Å². The van der Waals surface area contributed by atoms with Gasteiger partial charge in [-0.2, -0.15) is 0 Å². The summed E-state index contributed by atoms with van der Waals surface area (Å²) in [5.41, 5.74) is 1.11. The lowest BCUT2D eigenvalue weighted by Crippen LogP contribution is -2.34. The van der Waals surface area contributed by atoms with Crippen molar-refractivity contribution in [1.29, 1.82) is 0 Å². The Bertz CT molecular complexity index is 807. The molecule has 124 valence electrons. The fraction of sp³-hybridized carbons (Fsp3) is 0.438. The van der Waals surface area contributed by atoms with Crippen molar-refractivity contribution in [2.75, 3.05) is 6.54 Å². The SMILES string of the molecule is CCCn1nnnc1CN1CCn2c(nnc2-c2ccccc2)C1. The predicted octanol–water partition coefficient (Wildman–Crippen LogP) is 1.36. The molecule has 2 aromatic heterocycles. The molecule has 24 heavy (non-hydrogen) atoms. The van der Waals surface area contributed by atoms with Crippen LogP contribution in [0.5, 0.6) is 0 Å². The minimum Gasteiger partial charge on any atom is -0.309 e. The second kappa shape index (κ2) is 6.48. The van der Waals surface area contributed by atoms with E-state index in [0.29, 0.717) is 0 Å². The van der Waals surface area contributed by atoms with Crippen LogP contribution in [0.3, 0.4) is 0 Å². The van der Waals surface area contributed by atoms with Crippen LogP contribution >= 0.6 is 0 Å². The Morgan fingerprint density at radius 2 is 1.92 bits per heavy atom. The van der Waals surface area contributed by atoms with Crippen LogP contribution in [0, 0.1) is 0 Å². The van der Waals surface area contributed by atoms with E-state index in [4.69, 9.17) is 0 Å². The van der Waals surface area contributed by atoms with Gasteiger partial charge in [0.25, 0.3) is 0 Å². The van der Waals surface area contributed by atoms with Crippen LogP contribution in [-0.2, 0) is 26.2 Å². The summed E-state index contributed by atoms with van der Waals surface area (Å²) in [7, 11) is 0. The zero-order valence-corrected chi connectivity index (χ0v) is 13.7. The molecule has 0 atom stereocenters. The minimum atomic E-state index is 0.737. The van der Waals surface area contributed by atoms with Crippen molar-refractivity contribution in [2.24, 2.45) is 0 Å². The maximum Gasteiger partial charge on any atom is 0.165 e. The summed E-state index contributed by atoms with van der Waals surface area (Å²) >= 11 is 0. The highest BCUT2D eigenvalue weighted by Gasteiger charge is 2.23. The van der Waals surface area contributed by atoms with E-state index in [0.717, 1.165) is 62.2 Å². The second-order valence-corrected chi connectivity index (χ2v) is 5.99. The van der Waals surface area contributed by atoms with Gasteiger partial charge in [0, 0.05) is 25.2 Å². The Morgan fingerprint density at radius 3 is 2.75 bits per heavy atom. The molecular formula is C16H20N8. The van der Waals surface area contributed by atoms with Crippen molar-refractivity contribution in [1.82, 2.24) is 39.9 Å². The highest BCUT2D eigenvalue weighted by Crippen LogP contribution is 2.21. The van der Waals surface area contributed by atoms with Crippen LogP contribution in [0.1, 0.15) is 25.0 Å². The van der Waals surface area contributed by atoms with Gasteiger partial charge in [0.2, 0.25) is 0 Å². The Hall–Kier alpha value is -2.61. The van der Waals surface area contributed by atoms with Crippen molar-refractivity contribution in [2.45, 2.75) is 39.5 Å². The third-order valence-corrected chi connectivity index (χ3v) is 4.27. The zero-order chi connectivity index (χ0) is 16.4. The summed E-state index contributed by atoms with van der Waals surface area (Å²) in [5.74, 6) is 2.85. The molecule has 1 aliphatic rings. The number of hydrogen-bond acceptors (Lipinski definition) is 6. The summed E-state index contributed by atoms with van der Waals surface area (Å²) in [5, 5.41) is 20.8. The van der Waals surface area contributed by atoms with Crippen LogP contribution < -0.4 is 0 Å². The van der Waals surface area contributed by atoms with Gasteiger partial charge < -0.3 is 4.57 Å². The summed E-state index contributed by atoms with van der Waals surface area (Å²) in [6, 6.07) is 10.2. The van der Waals surface area contributed by atoms with Crippen LogP contribution in [0.4, 0.5) is 0 Å². The van der Waals surface area contributed by atoms with E-state index >= 15 is 0 Å². The number of tetrazole rings is 1. The Labute approximate surface area is 140 Å². The van der Waals surface area contributed by atoms with Crippen molar-refractivity contribution in [3.63, 3.8) is 0 Å². The van der Waals surface area contributed by atoms with Crippen molar-refractivity contribution < 1.29 is 0 Å². The molecule has 0 radical (unpaired) electrons. The fourth-order valence-corrected chi connectivity index (χ4v) is 3.07. The van der Waals surface area contributed by atoms with Crippen LogP contribution in [0.25, 0.3) is 11.4 Å².